The fraction of sp³-hybridized carbons (Fsp3) is 0.583. The van der Waals surface area contributed by atoms with Crippen LogP contribution in [0.5, 0.6) is 0 Å². The molecular formula is C24H34N4OS. The molecule has 2 aliphatic rings. The number of nitrogens with one attached hydrogen (secondary N) is 1. The molecule has 2 aliphatic heterocycles. The third-order valence-electron chi connectivity index (χ3n) is 6.47. The minimum atomic E-state index is 0.276. The molecule has 0 radical (unpaired) electrons. The van der Waals surface area contributed by atoms with Gasteiger partial charge in [0.25, 0.3) is 0 Å². The van der Waals surface area contributed by atoms with Crippen LogP contribution in [0.3, 0.4) is 0 Å². The molecule has 0 spiro atoms. The van der Waals surface area contributed by atoms with Crippen molar-refractivity contribution in [2.24, 2.45) is 0 Å². The molecule has 3 heterocycles. The third-order valence-corrected chi connectivity index (χ3v) is 7.46. The lowest BCUT2D eigenvalue weighted by Crippen LogP contribution is -2.42. The lowest BCUT2D eigenvalue weighted by molar-refractivity contribution is -0.129. The maximum absolute atomic E-state index is 12.3. The van der Waals surface area contributed by atoms with E-state index in [0.717, 1.165) is 57.5 Å². The van der Waals surface area contributed by atoms with Crippen LogP contribution in [0.25, 0.3) is 0 Å². The van der Waals surface area contributed by atoms with E-state index in [2.05, 4.69) is 46.4 Å². The highest BCUT2D eigenvalue weighted by molar-refractivity contribution is 7.09. The van der Waals surface area contributed by atoms with E-state index in [1.54, 1.807) is 11.3 Å². The summed E-state index contributed by atoms with van der Waals surface area (Å²) in [6.45, 7) is 7.25. The van der Waals surface area contributed by atoms with Gasteiger partial charge in [-0.1, -0.05) is 12.1 Å². The molecular weight excluding hydrogens is 392 g/mol. The average Bonchev–Trinajstić information content (AvgIpc) is 3.45. The van der Waals surface area contributed by atoms with Crippen molar-refractivity contribution < 1.29 is 4.79 Å². The number of benzene rings is 1. The predicted octanol–water partition coefficient (Wildman–Crippen LogP) is 3.81. The Labute approximate surface area is 184 Å². The van der Waals surface area contributed by atoms with Gasteiger partial charge in [0.15, 0.2) is 0 Å². The van der Waals surface area contributed by atoms with Crippen LogP contribution >= 0.6 is 11.3 Å². The van der Waals surface area contributed by atoms with Crippen molar-refractivity contribution in [1.82, 2.24) is 15.2 Å². The van der Waals surface area contributed by atoms with E-state index in [0.29, 0.717) is 12.5 Å². The maximum atomic E-state index is 12.3. The maximum Gasteiger partial charge on any atom is 0.226 e. The molecule has 4 rings (SSSR count). The molecule has 2 fully saturated rings. The first kappa shape index (κ1) is 21.3. The first-order valence-corrected chi connectivity index (χ1v) is 12.3. The van der Waals surface area contributed by atoms with E-state index in [9.17, 15) is 4.79 Å². The number of aromatic nitrogens is 1. The molecule has 2 saturated heterocycles. The highest BCUT2D eigenvalue weighted by atomic mass is 32.1. The van der Waals surface area contributed by atoms with Crippen molar-refractivity contribution in [2.45, 2.75) is 57.9 Å². The van der Waals surface area contributed by atoms with E-state index in [-0.39, 0.29) is 5.91 Å². The number of hydrogen-bond acceptors (Lipinski definition) is 5. The summed E-state index contributed by atoms with van der Waals surface area (Å²) in [5.41, 5.74) is 5.56. The van der Waals surface area contributed by atoms with Gasteiger partial charge in [-0.2, -0.15) is 0 Å². The Kier molecular flexibility index (Phi) is 7.39. The molecule has 2 aromatic rings. The Morgan fingerprint density at radius 2 is 1.87 bits per heavy atom. The van der Waals surface area contributed by atoms with E-state index in [4.69, 9.17) is 0 Å². The molecule has 1 N–H and O–H groups in total. The fourth-order valence-electron chi connectivity index (χ4n) is 4.54. The molecule has 30 heavy (non-hydrogen) atoms. The summed E-state index contributed by atoms with van der Waals surface area (Å²) in [5, 5.41) is 3.75. The molecule has 6 heteroatoms. The highest BCUT2D eigenvalue weighted by Gasteiger charge is 2.20. The monoisotopic (exact) mass is 426 g/mol. The van der Waals surface area contributed by atoms with Crippen LogP contribution in [0.2, 0.25) is 0 Å². The number of nitrogens with zero attached hydrogens (tertiary/aromatic N) is 3. The first-order valence-electron chi connectivity index (χ1n) is 11.4. The molecule has 0 aliphatic carbocycles. The number of carbonyl (C=O) groups is 1. The largest absolute Gasteiger partial charge is 0.371 e. The zero-order valence-corrected chi connectivity index (χ0v) is 18.9. The van der Waals surface area contributed by atoms with Crippen LogP contribution in [0.1, 0.15) is 48.2 Å². The van der Waals surface area contributed by atoms with Crippen molar-refractivity contribution in [3.05, 3.63) is 45.9 Å². The number of rotatable bonds is 8. The molecule has 1 aromatic heterocycles. The van der Waals surface area contributed by atoms with Gasteiger partial charge in [-0.15, -0.1) is 11.3 Å². The van der Waals surface area contributed by atoms with Crippen molar-refractivity contribution in [3.8, 4) is 0 Å². The molecule has 5 nitrogen and oxygen atoms in total. The number of amides is 1. The van der Waals surface area contributed by atoms with Gasteiger partial charge in [-0.25, -0.2) is 4.98 Å². The lowest BCUT2D eigenvalue weighted by atomic mass is 10.0. The standard InChI is InChI=1S/C24H34N4OS/c1-19-23(30-18-26-19)5-4-12-25-21-10-15-27(16-11-21)22-8-6-20(7-9-22)17-24(29)28-13-2-3-14-28/h6-9,18,21,25H,2-5,10-17H2,1H3. The van der Waals surface area contributed by atoms with Gasteiger partial charge in [-0.3, -0.25) is 4.79 Å². The van der Waals surface area contributed by atoms with Gasteiger partial charge < -0.3 is 15.1 Å². The Bertz CT molecular complexity index is 805. The molecule has 1 aromatic carbocycles. The summed E-state index contributed by atoms with van der Waals surface area (Å²) >= 11 is 1.78. The minimum Gasteiger partial charge on any atom is -0.371 e. The normalized spacial score (nSPS) is 17.6. The van der Waals surface area contributed by atoms with E-state index < -0.39 is 0 Å². The number of hydrogen-bond donors (Lipinski definition) is 1. The smallest absolute Gasteiger partial charge is 0.226 e. The Balaban J connectivity index is 1.16. The second-order valence-corrected chi connectivity index (χ2v) is 9.55. The van der Waals surface area contributed by atoms with Gasteiger partial charge in [0.05, 0.1) is 17.6 Å². The molecule has 0 saturated carbocycles. The van der Waals surface area contributed by atoms with Gasteiger partial charge in [0.2, 0.25) is 5.91 Å². The van der Waals surface area contributed by atoms with Crippen LogP contribution < -0.4 is 10.2 Å². The van der Waals surface area contributed by atoms with Crippen LogP contribution in [0.4, 0.5) is 5.69 Å². The van der Waals surface area contributed by atoms with Gasteiger partial charge in [-0.05, 0) is 69.7 Å². The number of thiazole rings is 1. The van der Waals surface area contributed by atoms with Crippen molar-refractivity contribution >= 4 is 22.9 Å². The van der Waals surface area contributed by atoms with Crippen molar-refractivity contribution in [3.63, 3.8) is 0 Å². The SMILES string of the molecule is Cc1ncsc1CCCNC1CCN(c2ccc(CC(=O)N3CCCC3)cc2)CC1. The van der Waals surface area contributed by atoms with E-state index in [1.165, 1.54) is 35.5 Å². The van der Waals surface area contributed by atoms with E-state index >= 15 is 0 Å². The number of anilines is 1. The van der Waals surface area contributed by atoms with Crippen LogP contribution in [0.15, 0.2) is 29.8 Å². The summed E-state index contributed by atoms with van der Waals surface area (Å²) in [7, 11) is 0. The van der Waals surface area contributed by atoms with Gasteiger partial charge in [0.1, 0.15) is 0 Å². The van der Waals surface area contributed by atoms with E-state index in [1.807, 2.05) is 10.4 Å². The van der Waals surface area contributed by atoms with Crippen molar-refractivity contribution in [1.29, 1.82) is 0 Å². The molecule has 1 amide bonds. The Morgan fingerprint density at radius 3 is 2.53 bits per heavy atom. The zero-order valence-electron chi connectivity index (χ0n) is 18.1. The highest BCUT2D eigenvalue weighted by Crippen LogP contribution is 2.21. The van der Waals surface area contributed by atoms with Crippen LogP contribution in [0, 0.1) is 6.92 Å². The van der Waals surface area contributed by atoms with Crippen LogP contribution in [-0.4, -0.2) is 54.6 Å². The third kappa shape index (κ3) is 5.61. The molecule has 0 unspecified atom stereocenters. The van der Waals surface area contributed by atoms with Crippen LogP contribution in [-0.2, 0) is 17.6 Å². The number of carbonyl (C=O) groups excluding carboxylic acids is 1. The fourth-order valence-corrected chi connectivity index (χ4v) is 5.36. The summed E-state index contributed by atoms with van der Waals surface area (Å²) in [6, 6.07) is 9.28. The molecule has 162 valence electrons. The Hall–Kier alpha value is -1.92. The summed E-state index contributed by atoms with van der Waals surface area (Å²) in [5.74, 6) is 0.276. The minimum absolute atomic E-state index is 0.276. The van der Waals surface area contributed by atoms with Crippen molar-refractivity contribution in [2.75, 3.05) is 37.6 Å². The quantitative estimate of drug-likeness (QED) is 0.652. The number of aryl methyl sites for hydroxylation is 2. The first-order chi connectivity index (χ1) is 14.7. The summed E-state index contributed by atoms with van der Waals surface area (Å²) in [6.07, 6.45) is 7.54. The zero-order chi connectivity index (χ0) is 20.8. The summed E-state index contributed by atoms with van der Waals surface area (Å²) in [4.78, 5) is 22.6. The van der Waals surface area contributed by atoms with Gasteiger partial charge in [0, 0.05) is 42.8 Å². The number of likely N-dealkylation sites (tertiary alicyclic amines) is 1. The molecule has 0 atom stereocenters. The second-order valence-electron chi connectivity index (χ2n) is 8.61. The predicted molar refractivity (Wildman–Crippen MR) is 124 cm³/mol. The average molecular weight is 427 g/mol. The lowest BCUT2D eigenvalue weighted by Gasteiger charge is -2.34. The number of piperidine rings is 1. The Morgan fingerprint density at radius 1 is 1.13 bits per heavy atom. The molecule has 0 bridgehead atoms. The second kappa shape index (κ2) is 10.4. The topological polar surface area (TPSA) is 48.5 Å². The summed E-state index contributed by atoms with van der Waals surface area (Å²) < 4.78 is 0. The van der Waals surface area contributed by atoms with Gasteiger partial charge >= 0.3 is 0 Å².